The predicted octanol–water partition coefficient (Wildman–Crippen LogP) is 1.25. The molecule has 0 spiro atoms. The molecule has 1 amide bonds. The van der Waals surface area contributed by atoms with E-state index in [1.54, 1.807) is 12.3 Å². The average molecular weight is 250 g/mol. The van der Waals surface area contributed by atoms with E-state index in [0.29, 0.717) is 19.5 Å². The van der Waals surface area contributed by atoms with Crippen molar-refractivity contribution in [3.8, 4) is 0 Å². The molecule has 5 heteroatoms. The first kappa shape index (κ1) is 14.6. The van der Waals surface area contributed by atoms with E-state index in [0.717, 1.165) is 18.5 Å². The Morgan fingerprint density at radius 3 is 2.83 bits per heavy atom. The summed E-state index contributed by atoms with van der Waals surface area (Å²) in [6.45, 7) is 5.36. The molecule has 0 aromatic carbocycles. The van der Waals surface area contributed by atoms with E-state index in [9.17, 15) is 4.79 Å². The lowest BCUT2D eigenvalue weighted by Gasteiger charge is -2.23. The monoisotopic (exact) mass is 250 g/mol. The van der Waals surface area contributed by atoms with Crippen molar-refractivity contribution in [3.05, 3.63) is 24.0 Å². The highest BCUT2D eigenvalue weighted by atomic mass is 16.1. The molecule has 1 aromatic heterocycles. The van der Waals surface area contributed by atoms with Crippen molar-refractivity contribution in [1.82, 2.24) is 15.5 Å². The summed E-state index contributed by atoms with van der Waals surface area (Å²) < 4.78 is 0. The van der Waals surface area contributed by atoms with Crippen molar-refractivity contribution < 1.29 is 4.79 Å². The second-order valence-corrected chi connectivity index (χ2v) is 5.19. The maximum atomic E-state index is 11.7. The maximum absolute atomic E-state index is 11.7. The minimum atomic E-state index is 0.0470. The van der Waals surface area contributed by atoms with Gasteiger partial charge in [-0.1, -0.05) is 13.8 Å². The summed E-state index contributed by atoms with van der Waals surface area (Å²) in [4.78, 5) is 11.7. The third kappa shape index (κ3) is 5.72. The zero-order valence-electron chi connectivity index (χ0n) is 11.1. The van der Waals surface area contributed by atoms with Crippen LogP contribution in [-0.2, 0) is 11.3 Å². The summed E-state index contributed by atoms with van der Waals surface area (Å²) in [7, 11) is 0. The molecule has 0 bridgehead atoms. The number of hydrogen-bond acceptors (Lipinski definition) is 4. The van der Waals surface area contributed by atoms with Crippen molar-refractivity contribution in [2.75, 3.05) is 6.54 Å². The van der Waals surface area contributed by atoms with Crippen molar-refractivity contribution in [3.63, 3.8) is 0 Å². The third-order valence-corrected chi connectivity index (χ3v) is 2.94. The van der Waals surface area contributed by atoms with Gasteiger partial charge < -0.3 is 11.1 Å². The van der Waals surface area contributed by atoms with Gasteiger partial charge in [0.15, 0.2) is 0 Å². The molecule has 18 heavy (non-hydrogen) atoms. The number of nitrogens with one attached hydrogen (secondary N) is 1. The van der Waals surface area contributed by atoms with E-state index in [-0.39, 0.29) is 11.3 Å². The average Bonchev–Trinajstić information content (AvgIpc) is 2.35. The molecule has 0 aliphatic carbocycles. The molecule has 1 heterocycles. The van der Waals surface area contributed by atoms with E-state index in [1.807, 2.05) is 6.07 Å². The van der Waals surface area contributed by atoms with Crippen LogP contribution in [0.5, 0.6) is 0 Å². The Morgan fingerprint density at radius 2 is 2.22 bits per heavy atom. The predicted molar refractivity (Wildman–Crippen MR) is 70.6 cm³/mol. The minimum Gasteiger partial charge on any atom is -0.350 e. The number of nitrogens with two attached hydrogens (primary N) is 1. The molecule has 0 unspecified atom stereocenters. The van der Waals surface area contributed by atoms with Gasteiger partial charge in [-0.05, 0) is 36.9 Å². The smallest absolute Gasteiger partial charge is 0.220 e. The van der Waals surface area contributed by atoms with Crippen LogP contribution in [0.4, 0.5) is 0 Å². The first-order valence-corrected chi connectivity index (χ1v) is 6.27. The van der Waals surface area contributed by atoms with Crippen molar-refractivity contribution in [2.24, 2.45) is 11.1 Å². The van der Waals surface area contributed by atoms with Crippen LogP contribution in [-0.4, -0.2) is 22.6 Å². The van der Waals surface area contributed by atoms with E-state index < -0.39 is 0 Å². The molecule has 0 saturated carbocycles. The van der Waals surface area contributed by atoms with Gasteiger partial charge >= 0.3 is 0 Å². The minimum absolute atomic E-state index is 0.0470. The molecule has 0 fully saturated rings. The van der Waals surface area contributed by atoms with Crippen LogP contribution in [0.25, 0.3) is 0 Å². The Kier molecular flexibility index (Phi) is 5.71. The zero-order chi connectivity index (χ0) is 13.4. The first-order chi connectivity index (χ1) is 8.53. The van der Waals surface area contributed by atoms with Gasteiger partial charge in [0.1, 0.15) is 0 Å². The van der Waals surface area contributed by atoms with Crippen LogP contribution in [0.2, 0.25) is 0 Å². The topological polar surface area (TPSA) is 80.9 Å². The number of hydrogen-bond donors (Lipinski definition) is 2. The van der Waals surface area contributed by atoms with Crippen LogP contribution in [0, 0.1) is 5.41 Å². The molecule has 0 aliphatic rings. The van der Waals surface area contributed by atoms with Gasteiger partial charge in [-0.3, -0.25) is 4.79 Å². The van der Waals surface area contributed by atoms with Crippen molar-refractivity contribution in [2.45, 2.75) is 39.7 Å². The second kappa shape index (κ2) is 7.06. The lowest BCUT2D eigenvalue weighted by atomic mass is 9.84. The molecule has 0 atom stereocenters. The quantitative estimate of drug-likeness (QED) is 0.763. The standard InChI is InChI=1S/C13H22N4O/c1-13(2,7-8-14)6-5-12(18)15-10-11-4-3-9-16-17-11/h3-4,9H,5-8,10,14H2,1-2H3,(H,15,18). The third-order valence-electron chi connectivity index (χ3n) is 2.94. The molecule has 1 aromatic rings. The Morgan fingerprint density at radius 1 is 1.44 bits per heavy atom. The van der Waals surface area contributed by atoms with Gasteiger partial charge in [0, 0.05) is 12.6 Å². The summed E-state index contributed by atoms with van der Waals surface area (Å²) in [5, 5.41) is 10.5. The normalized spacial score (nSPS) is 11.3. The largest absolute Gasteiger partial charge is 0.350 e. The molecular weight excluding hydrogens is 228 g/mol. The Labute approximate surface area is 108 Å². The van der Waals surface area contributed by atoms with Crippen molar-refractivity contribution >= 4 is 5.91 Å². The van der Waals surface area contributed by atoms with Crippen molar-refractivity contribution in [1.29, 1.82) is 0 Å². The van der Waals surface area contributed by atoms with Crippen LogP contribution in [0.1, 0.15) is 38.8 Å². The Balaban J connectivity index is 2.26. The summed E-state index contributed by atoms with van der Waals surface area (Å²) in [6.07, 6.45) is 3.91. The van der Waals surface area contributed by atoms with E-state index in [2.05, 4.69) is 29.4 Å². The molecular formula is C13H22N4O. The first-order valence-electron chi connectivity index (χ1n) is 6.27. The fraction of sp³-hybridized carbons (Fsp3) is 0.615. The Hall–Kier alpha value is -1.49. The number of aromatic nitrogens is 2. The highest BCUT2D eigenvalue weighted by Gasteiger charge is 2.18. The number of carbonyl (C=O) groups is 1. The molecule has 0 radical (unpaired) electrons. The molecule has 100 valence electrons. The highest BCUT2D eigenvalue weighted by Crippen LogP contribution is 2.25. The molecule has 0 aliphatic heterocycles. The van der Waals surface area contributed by atoms with Gasteiger partial charge in [-0.15, -0.1) is 0 Å². The van der Waals surface area contributed by atoms with Gasteiger partial charge in [0.05, 0.1) is 12.2 Å². The lowest BCUT2D eigenvalue weighted by Crippen LogP contribution is -2.26. The van der Waals surface area contributed by atoms with E-state index in [1.165, 1.54) is 0 Å². The summed E-state index contributed by atoms with van der Waals surface area (Å²) in [5.74, 6) is 0.0470. The lowest BCUT2D eigenvalue weighted by molar-refractivity contribution is -0.121. The van der Waals surface area contributed by atoms with E-state index >= 15 is 0 Å². The SMILES string of the molecule is CC(C)(CCN)CCC(=O)NCc1cccnn1. The number of amides is 1. The number of carbonyl (C=O) groups excluding carboxylic acids is 1. The van der Waals surface area contributed by atoms with Gasteiger partial charge in [-0.2, -0.15) is 10.2 Å². The summed E-state index contributed by atoms with van der Waals surface area (Å²) in [5.41, 5.74) is 6.43. The van der Waals surface area contributed by atoms with Crippen LogP contribution in [0.15, 0.2) is 18.3 Å². The fourth-order valence-electron chi connectivity index (χ4n) is 1.67. The fourth-order valence-corrected chi connectivity index (χ4v) is 1.67. The molecule has 5 nitrogen and oxygen atoms in total. The van der Waals surface area contributed by atoms with Gasteiger partial charge in [0.2, 0.25) is 5.91 Å². The summed E-state index contributed by atoms with van der Waals surface area (Å²) >= 11 is 0. The van der Waals surface area contributed by atoms with Crippen LogP contribution >= 0.6 is 0 Å². The zero-order valence-corrected chi connectivity index (χ0v) is 11.1. The molecule has 1 rings (SSSR count). The maximum Gasteiger partial charge on any atom is 0.220 e. The summed E-state index contributed by atoms with van der Waals surface area (Å²) in [6, 6.07) is 3.64. The van der Waals surface area contributed by atoms with Crippen LogP contribution < -0.4 is 11.1 Å². The van der Waals surface area contributed by atoms with Gasteiger partial charge in [0.25, 0.3) is 0 Å². The second-order valence-electron chi connectivity index (χ2n) is 5.19. The van der Waals surface area contributed by atoms with Crippen LogP contribution in [0.3, 0.4) is 0 Å². The number of rotatable bonds is 7. The molecule has 3 N–H and O–H groups in total. The highest BCUT2D eigenvalue weighted by molar-refractivity contribution is 5.75. The van der Waals surface area contributed by atoms with Gasteiger partial charge in [-0.25, -0.2) is 0 Å². The molecule has 0 saturated heterocycles. The Bertz CT molecular complexity index is 365. The number of nitrogens with zero attached hydrogens (tertiary/aromatic N) is 2. The van der Waals surface area contributed by atoms with E-state index in [4.69, 9.17) is 5.73 Å².